The van der Waals surface area contributed by atoms with Crippen LogP contribution in [0.3, 0.4) is 0 Å². The summed E-state index contributed by atoms with van der Waals surface area (Å²) in [6.45, 7) is 1.96. The maximum Gasteiger partial charge on any atom is 0.376 e. The number of carbonyl (C=O) groups excluding carboxylic acids is 1. The first kappa shape index (κ1) is 10.7. The molecule has 0 unspecified atom stereocenters. The fourth-order valence-corrected chi connectivity index (χ4v) is 1.37. The number of carbonyl (C=O) groups is 1. The molecule has 0 bridgehead atoms. The lowest BCUT2D eigenvalue weighted by atomic mass is 10.3. The highest BCUT2D eigenvalue weighted by Gasteiger charge is 2.14. The highest BCUT2D eigenvalue weighted by molar-refractivity contribution is 6.34. The minimum Gasteiger partial charge on any atom is -0.460 e. The third-order valence-corrected chi connectivity index (χ3v) is 2.11. The van der Waals surface area contributed by atoms with Crippen molar-refractivity contribution < 1.29 is 9.53 Å². The Labute approximate surface area is 95.6 Å². The molecule has 82 valence electrons. The molecule has 2 rings (SSSR count). The monoisotopic (exact) mass is 238 g/mol. The van der Waals surface area contributed by atoms with Crippen molar-refractivity contribution in [1.29, 1.82) is 0 Å². The first-order valence-electron chi connectivity index (χ1n) is 4.53. The highest BCUT2D eigenvalue weighted by Crippen LogP contribution is 2.18. The van der Waals surface area contributed by atoms with Crippen LogP contribution in [0, 0.1) is 0 Å². The molecule has 2 aromatic heterocycles. The van der Waals surface area contributed by atoms with E-state index in [0.29, 0.717) is 10.9 Å². The lowest BCUT2D eigenvalue weighted by Crippen LogP contribution is -2.10. The van der Waals surface area contributed by atoms with Crippen LogP contribution < -0.4 is 0 Å². The molecule has 0 aliphatic rings. The van der Waals surface area contributed by atoms with Crippen LogP contribution in [0.1, 0.15) is 17.5 Å². The number of esters is 1. The summed E-state index contributed by atoms with van der Waals surface area (Å²) in [4.78, 5) is 19.2. The van der Waals surface area contributed by atoms with Gasteiger partial charge in [-0.05, 0) is 6.92 Å². The van der Waals surface area contributed by atoms with Gasteiger partial charge in [0.1, 0.15) is 5.15 Å². The Morgan fingerprint density at radius 1 is 1.38 bits per heavy atom. The third-order valence-electron chi connectivity index (χ3n) is 1.82. The smallest absolute Gasteiger partial charge is 0.376 e. The van der Waals surface area contributed by atoms with Gasteiger partial charge in [-0.1, -0.05) is 11.6 Å². The summed E-state index contributed by atoms with van der Waals surface area (Å²) in [7, 11) is 0. The topological polar surface area (TPSA) is 77.9 Å². The standard InChI is InChI=1S/C9H7ClN4O2/c1-2-16-9(15)8-13-6-4-12-11-3-5(6)7(10)14-8/h3-4H,2H2,1H3. The first-order chi connectivity index (χ1) is 7.72. The van der Waals surface area contributed by atoms with Crippen LogP contribution >= 0.6 is 11.6 Å². The second-order valence-corrected chi connectivity index (χ2v) is 3.20. The first-order valence-corrected chi connectivity index (χ1v) is 4.91. The fraction of sp³-hybridized carbons (Fsp3) is 0.222. The Kier molecular flexibility index (Phi) is 2.91. The summed E-state index contributed by atoms with van der Waals surface area (Å²) in [6, 6.07) is 0. The number of rotatable bonds is 2. The molecule has 0 fully saturated rings. The molecular formula is C9H7ClN4O2. The average Bonchev–Trinajstić information content (AvgIpc) is 2.29. The lowest BCUT2D eigenvalue weighted by molar-refractivity contribution is 0.0512. The molecule has 2 heterocycles. The molecule has 7 heteroatoms. The van der Waals surface area contributed by atoms with Crippen molar-refractivity contribution in [3.05, 3.63) is 23.4 Å². The Morgan fingerprint density at radius 2 is 2.12 bits per heavy atom. The van der Waals surface area contributed by atoms with Crippen molar-refractivity contribution in [2.45, 2.75) is 6.92 Å². The van der Waals surface area contributed by atoms with Gasteiger partial charge in [0.15, 0.2) is 0 Å². The zero-order valence-corrected chi connectivity index (χ0v) is 9.10. The molecule has 0 spiro atoms. The van der Waals surface area contributed by atoms with Gasteiger partial charge in [-0.2, -0.15) is 10.2 Å². The molecule has 0 saturated carbocycles. The molecular weight excluding hydrogens is 232 g/mol. The maximum atomic E-state index is 11.4. The van der Waals surface area contributed by atoms with Crippen molar-refractivity contribution in [3.8, 4) is 0 Å². The van der Waals surface area contributed by atoms with Gasteiger partial charge in [0.2, 0.25) is 5.82 Å². The van der Waals surface area contributed by atoms with Gasteiger partial charge in [0.05, 0.1) is 29.9 Å². The van der Waals surface area contributed by atoms with E-state index in [2.05, 4.69) is 20.2 Å². The van der Waals surface area contributed by atoms with Gasteiger partial charge in [-0.3, -0.25) is 0 Å². The summed E-state index contributed by atoms with van der Waals surface area (Å²) in [5.41, 5.74) is 0.457. The number of ether oxygens (including phenoxy) is 1. The Balaban J connectivity index is 2.53. The van der Waals surface area contributed by atoms with Crippen LogP contribution in [0.5, 0.6) is 0 Å². The molecule has 0 atom stereocenters. The van der Waals surface area contributed by atoms with Crippen molar-refractivity contribution in [3.63, 3.8) is 0 Å². The summed E-state index contributed by atoms with van der Waals surface area (Å²) in [5, 5.41) is 8.00. The number of fused-ring (bicyclic) bond motifs is 1. The molecule has 0 N–H and O–H groups in total. The van der Waals surface area contributed by atoms with E-state index in [1.54, 1.807) is 6.92 Å². The fourth-order valence-electron chi connectivity index (χ4n) is 1.14. The Hall–Kier alpha value is -1.82. The molecule has 0 aliphatic heterocycles. The maximum absolute atomic E-state index is 11.4. The van der Waals surface area contributed by atoms with Crippen LogP contribution in [0.15, 0.2) is 12.4 Å². The van der Waals surface area contributed by atoms with Crippen molar-refractivity contribution >= 4 is 28.5 Å². The number of aromatic nitrogens is 4. The van der Waals surface area contributed by atoms with E-state index in [4.69, 9.17) is 16.3 Å². The van der Waals surface area contributed by atoms with E-state index in [9.17, 15) is 4.79 Å². The van der Waals surface area contributed by atoms with Crippen LogP contribution in [-0.2, 0) is 4.74 Å². The third kappa shape index (κ3) is 1.92. The molecule has 16 heavy (non-hydrogen) atoms. The van der Waals surface area contributed by atoms with Gasteiger partial charge in [-0.15, -0.1) is 0 Å². The summed E-state index contributed by atoms with van der Waals surface area (Å²) < 4.78 is 4.77. The van der Waals surface area contributed by atoms with Crippen molar-refractivity contribution in [2.24, 2.45) is 0 Å². The minimum atomic E-state index is -0.608. The highest BCUT2D eigenvalue weighted by atomic mass is 35.5. The minimum absolute atomic E-state index is 0.0765. The molecule has 0 aliphatic carbocycles. The van der Waals surface area contributed by atoms with Gasteiger partial charge < -0.3 is 4.74 Å². The van der Waals surface area contributed by atoms with E-state index in [1.165, 1.54) is 12.4 Å². The summed E-state index contributed by atoms with van der Waals surface area (Å²) in [6.07, 6.45) is 2.85. The normalized spacial score (nSPS) is 10.4. The SMILES string of the molecule is CCOC(=O)c1nc(Cl)c2cnncc2n1. The van der Waals surface area contributed by atoms with Gasteiger partial charge in [0, 0.05) is 0 Å². The quantitative estimate of drug-likeness (QED) is 0.579. The van der Waals surface area contributed by atoms with Crippen molar-refractivity contribution in [2.75, 3.05) is 6.61 Å². The largest absolute Gasteiger partial charge is 0.460 e. The number of hydrogen-bond donors (Lipinski definition) is 0. The predicted octanol–water partition coefficient (Wildman–Crippen LogP) is 1.25. The number of nitrogens with zero attached hydrogens (tertiary/aromatic N) is 4. The second kappa shape index (κ2) is 4.36. The van der Waals surface area contributed by atoms with Crippen molar-refractivity contribution in [1.82, 2.24) is 20.2 Å². The molecule has 0 radical (unpaired) electrons. The van der Waals surface area contributed by atoms with Gasteiger partial charge >= 0.3 is 5.97 Å². The predicted molar refractivity (Wildman–Crippen MR) is 56.1 cm³/mol. The zero-order valence-electron chi connectivity index (χ0n) is 8.35. The van der Waals surface area contributed by atoms with E-state index in [-0.39, 0.29) is 17.6 Å². The molecule has 0 aromatic carbocycles. The van der Waals surface area contributed by atoms with E-state index in [0.717, 1.165) is 0 Å². The Bertz CT molecular complexity index is 546. The van der Waals surface area contributed by atoms with E-state index in [1.807, 2.05) is 0 Å². The molecule has 2 aromatic rings. The number of halogens is 1. The van der Waals surface area contributed by atoms with E-state index < -0.39 is 5.97 Å². The lowest BCUT2D eigenvalue weighted by Gasteiger charge is -2.02. The van der Waals surface area contributed by atoms with E-state index >= 15 is 0 Å². The summed E-state index contributed by atoms with van der Waals surface area (Å²) in [5.74, 6) is -0.685. The van der Waals surface area contributed by atoms with Crippen LogP contribution in [-0.4, -0.2) is 32.7 Å². The molecule has 0 saturated heterocycles. The second-order valence-electron chi connectivity index (χ2n) is 2.85. The molecule has 6 nitrogen and oxygen atoms in total. The zero-order chi connectivity index (χ0) is 11.5. The van der Waals surface area contributed by atoms with Crippen LogP contribution in [0.4, 0.5) is 0 Å². The average molecular weight is 239 g/mol. The Morgan fingerprint density at radius 3 is 2.88 bits per heavy atom. The van der Waals surface area contributed by atoms with Crippen LogP contribution in [0.25, 0.3) is 10.9 Å². The summed E-state index contributed by atoms with van der Waals surface area (Å²) >= 11 is 5.88. The number of hydrogen-bond acceptors (Lipinski definition) is 6. The van der Waals surface area contributed by atoms with Gasteiger partial charge in [-0.25, -0.2) is 14.8 Å². The van der Waals surface area contributed by atoms with Gasteiger partial charge in [0.25, 0.3) is 0 Å². The van der Waals surface area contributed by atoms with Crippen LogP contribution in [0.2, 0.25) is 5.15 Å². The molecule has 0 amide bonds.